The summed E-state index contributed by atoms with van der Waals surface area (Å²) in [4.78, 5) is 0. The number of aryl methyl sites for hydroxylation is 1. The molecule has 2 atom stereocenters. The second kappa shape index (κ2) is 14.8. The Kier molecular flexibility index (Phi) is 12.8. The highest BCUT2D eigenvalue weighted by Crippen LogP contribution is 2.49. The van der Waals surface area contributed by atoms with E-state index in [4.69, 9.17) is 8.85 Å². The number of hydrogen-bond acceptors (Lipinski definition) is 2. The van der Waals surface area contributed by atoms with Gasteiger partial charge in [-0.3, -0.25) is 0 Å². The maximum Gasteiger partial charge on any atom is 0.250 e. The Hall–Kier alpha value is -1.27. The normalized spacial score (nSPS) is 18.5. The van der Waals surface area contributed by atoms with Crippen LogP contribution in [0.3, 0.4) is 0 Å². The molecule has 2 nitrogen and oxygen atoms in total. The zero-order chi connectivity index (χ0) is 27.6. The molecular formula is C33H58O2Si2. The maximum atomic E-state index is 7.32. The molecule has 210 valence electrons. The second-order valence-corrected chi connectivity index (χ2v) is 21.1. The topological polar surface area (TPSA) is 18.5 Å². The Morgan fingerprint density at radius 3 is 1.73 bits per heavy atom. The van der Waals surface area contributed by atoms with E-state index < -0.39 is 16.6 Å². The summed E-state index contributed by atoms with van der Waals surface area (Å²) >= 11 is 0. The zero-order valence-corrected chi connectivity index (χ0v) is 27.9. The van der Waals surface area contributed by atoms with Crippen LogP contribution in [0.25, 0.3) is 0 Å². The summed E-state index contributed by atoms with van der Waals surface area (Å²) in [6.07, 6.45) is 9.68. The monoisotopic (exact) mass is 542 g/mol. The van der Waals surface area contributed by atoms with Crippen LogP contribution in [0.15, 0.2) is 35.9 Å². The summed E-state index contributed by atoms with van der Waals surface area (Å²) in [7, 11) is -3.75. The lowest BCUT2D eigenvalue weighted by Crippen LogP contribution is -2.41. The number of hydrogen-bond donors (Lipinski definition) is 0. The van der Waals surface area contributed by atoms with Gasteiger partial charge in [0.25, 0.3) is 0 Å². The number of allylic oxidation sites excluding steroid dienone is 3. The van der Waals surface area contributed by atoms with Crippen molar-refractivity contribution < 1.29 is 8.85 Å². The predicted octanol–water partition coefficient (Wildman–Crippen LogP) is 11.2. The zero-order valence-electron chi connectivity index (χ0n) is 25.9. The van der Waals surface area contributed by atoms with E-state index in [2.05, 4.69) is 87.1 Å². The highest BCUT2D eigenvalue weighted by molar-refractivity contribution is 6.74. The average Bonchev–Trinajstić information content (AvgIpc) is 2.90. The molecule has 0 aliphatic heterocycles. The van der Waals surface area contributed by atoms with E-state index in [0.717, 1.165) is 67.0 Å². The molecule has 0 heterocycles. The van der Waals surface area contributed by atoms with Gasteiger partial charge in [0.2, 0.25) is 16.6 Å². The van der Waals surface area contributed by atoms with Crippen LogP contribution in [-0.2, 0) is 6.42 Å². The average molecular weight is 543 g/mol. The fraction of sp³-hybridized carbons (Fsp3) is 0.697. The minimum atomic E-state index is -1.87. The number of benzene rings is 1. The Morgan fingerprint density at radius 2 is 1.32 bits per heavy atom. The van der Waals surface area contributed by atoms with E-state index in [1.165, 1.54) is 41.5 Å². The van der Waals surface area contributed by atoms with Gasteiger partial charge in [-0.15, -0.1) is 0 Å². The molecule has 0 bridgehead atoms. The van der Waals surface area contributed by atoms with E-state index in [1.54, 1.807) is 0 Å². The molecule has 0 spiro atoms. The number of unbranched alkanes of at least 4 members (excludes halogenated alkanes) is 2. The SMILES string of the molecule is C=C(C)C1CCC(C)=CC1c1c(O[Si](CC)(CC)CC)cc(CCCCC)cc1O[Si](CC)(CC)CC. The largest absolute Gasteiger partial charge is 0.543 e. The Bertz CT molecular complexity index is 836. The van der Waals surface area contributed by atoms with Gasteiger partial charge in [-0.25, -0.2) is 0 Å². The summed E-state index contributed by atoms with van der Waals surface area (Å²) < 4.78 is 14.6. The van der Waals surface area contributed by atoms with Crippen LogP contribution < -0.4 is 8.85 Å². The highest BCUT2D eigenvalue weighted by Gasteiger charge is 2.38. The van der Waals surface area contributed by atoms with Crippen molar-refractivity contribution >= 4 is 16.6 Å². The quantitative estimate of drug-likeness (QED) is 0.117. The second-order valence-electron chi connectivity index (χ2n) is 11.7. The first kappa shape index (κ1) is 31.9. The highest BCUT2D eigenvalue weighted by atomic mass is 28.4. The maximum absolute atomic E-state index is 7.32. The molecule has 1 aliphatic rings. The molecule has 2 rings (SSSR count). The third-order valence-electron chi connectivity index (χ3n) is 9.47. The molecule has 0 radical (unpaired) electrons. The lowest BCUT2D eigenvalue weighted by Gasteiger charge is -2.38. The molecule has 4 heteroatoms. The van der Waals surface area contributed by atoms with Gasteiger partial charge in [0.05, 0.1) is 0 Å². The van der Waals surface area contributed by atoms with Crippen LogP contribution in [0.4, 0.5) is 0 Å². The van der Waals surface area contributed by atoms with Crippen LogP contribution >= 0.6 is 0 Å². The van der Waals surface area contributed by atoms with Crippen molar-refractivity contribution in [2.75, 3.05) is 0 Å². The summed E-state index contributed by atoms with van der Waals surface area (Å²) in [6.45, 7) is 25.3. The Morgan fingerprint density at radius 1 is 0.838 bits per heavy atom. The van der Waals surface area contributed by atoms with Crippen LogP contribution in [0.1, 0.15) is 111 Å². The van der Waals surface area contributed by atoms with Gasteiger partial charge in [0, 0.05) is 11.5 Å². The molecule has 1 aromatic carbocycles. The molecule has 0 saturated heterocycles. The molecule has 0 amide bonds. The number of rotatable bonds is 16. The predicted molar refractivity (Wildman–Crippen MR) is 169 cm³/mol. The molecule has 0 aromatic heterocycles. The van der Waals surface area contributed by atoms with Crippen LogP contribution in [0.5, 0.6) is 11.5 Å². The van der Waals surface area contributed by atoms with Crippen molar-refractivity contribution in [2.45, 2.75) is 143 Å². The van der Waals surface area contributed by atoms with Crippen molar-refractivity contribution in [3.05, 3.63) is 47.1 Å². The standard InChI is InChI=1S/C33H58O2Si2/c1-11-18-19-20-28-24-31(34-36(12-2,13-3)14-4)33(30-23-27(10)21-22-29(30)26(8)9)32(25-28)35-37(15-5,16-6)17-7/h23-25,29-30H,8,11-22H2,1-7,9-10H3. The van der Waals surface area contributed by atoms with Crippen molar-refractivity contribution in [2.24, 2.45) is 5.92 Å². The molecule has 0 saturated carbocycles. The third-order valence-corrected chi connectivity index (χ3v) is 18.5. The van der Waals surface area contributed by atoms with Gasteiger partial charge >= 0.3 is 0 Å². The van der Waals surface area contributed by atoms with E-state index in [1.807, 2.05) is 0 Å². The van der Waals surface area contributed by atoms with Gasteiger partial charge in [0.15, 0.2) is 0 Å². The lowest BCUT2D eigenvalue weighted by molar-refractivity contribution is 0.441. The summed E-state index contributed by atoms with van der Waals surface area (Å²) in [5.74, 6) is 2.97. The minimum absolute atomic E-state index is 0.274. The van der Waals surface area contributed by atoms with Crippen LogP contribution in [0.2, 0.25) is 36.3 Å². The minimum Gasteiger partial charge on any atom is -0.543 e. The Labute approximate surface area is 232 Å². The summed E-state index contributed by atoms with van der Waals surface area (Å²) in [5.41, 5.74) is 5.49. The smallest absolute Gasteiger partial charge is 0.250 e. The van der Waals surface area contributed by atoms with Crippen molar-refractivity contribution in [1.29, 1.82) is 0 Å². The van der Waals surface area contributed by atoms with Crippen LogP contribution in [-0.4, -0.2) is 16.6 Å². The molecule has 1 aromatic rings. The fourth-order valence-electron chi connectivity index (χ4n) is 6.18. The van der Waals surface area contributed by atoms with Crippen LogP contribution in [0, 0.1) is 5.92 Å². The first-order chi connectivity index (χ1) is 17.7. The lowest BCUT2D eigenvalue weighted by atomic mass is 9.73. The third kappa shape index (κ3) is 7.88. The van der Waals surface area contributed by atoms with E-state index in [0.29, 0.717) is 5.92 Å². The molecule has 1 aliphatic carbocycles. The molecular weight excluding hydrogens is 485 g/mol. The van der Waals surface area contributed by atoms with Gasteiger partial charge < -0.3 is 8.85 Å². The van der Waals surface area contributed by atoms with Crippen molar-refractivity contribution in [3.63, 3.8) is 0 Å². The van der Waals surface area contributed by atoms with Crippen molar-refractivity contribution in [3.8, 4) is 11.5 Å². The Balaban J connectivity index is 2.85. The van der Waals surface area contributed by atoms with E-state index in [9.17, 15) is 0 Å². The van der Waals surface area contributed by atoms with Gasteiger partial charge in [-0.1, -0.05) is 85.1 Å². The molecule has 2 unspecified atom stereocenters. The molecule has 37 heavy (non-hydrogen) atoms. The van der Waals surface area contributed by atoms with E-state index in [-0.39, 0.29) is 5.92 Å². The first-order valence-corrected chi connectivity index (χ1v) is 20.6. The van der Waals surface area contributed by atoms with Gasteiger partial charge in [-0.2, -0.15) is 0 Å². The van der Waals surface area contributed by atoms with Gasteiger partial charge in [-0.05, 0) is 99.4 Å². The van der Waals surface area contributed by atoms with Crippen molar-refractivity contribution in [1.82, 2.24) is 0 Å². The fourth-order valence-corrected chi connectivity index (χ4v) is 11.3. The van der Waals surface area contributed by atoms with Gasteiger partial charge in [0.1, 0.15) is 11.5 Å². The van der Waals surface area contributed by atoms with E-state index >= 15 is 0 Å². The molecule has 0 N–H and O–H groups in total. The summed E-state index contributed by atoms with van der Waals surface area (Å²) in [5, 5.41) is 0. The summed E-state index contributed by atoms with van der Waals surface area (Å²) in [6, 6.07) is 11.7. The molecule has 0 fully saturated rings. The first-order valence-electron chi connectivity index (χ1n) is 15.5.